The predicted molar refractivity (Wildman–Crippen MR) is 62.4 cm³/mol. The molecule has 1 saturated carbocycles. The third-order valence-corrected chi connectivity index (χ3v) is 3.20. The van der Waals surface area contributed by atoms with Gasteiger partial charge in [-0.15, -0.1) is 0 Å². The number of hydrogen-bond donors (Lipinski definition) is 2. The second-order valence-electron chi connectivity index (χ2n) is 4.70. The maximum atomic E-state index is 11.8. The van der Waals surface area contributed by atoms with Crippen LogP contribution in [-0.2, 0) is 0 Å². The first-order chi connectivity index (χ1) is 7.58. The van der Waals surface area contributed by atoms with Crippen LogP contribution >= 0.6 is 0 Å². The maximum Gasteiger partial charge on any atom is 0.255 e. The van der Waals surface area contributed by atoms with E-state index < -0.39 is 0 Å². The number of carbonyl (C=O) groups excluding carboxylic acids is 1. The Balaban J connectivity index is 1.99. The molecule has 1 fully saturated rings. The molecule has 0 spiro atoms. The highest BCUT2D eigenvalue weighted by molar-refractivity contribution is 5.96. The molecule has 2 unspecified atom stereocenters. The normalized spacial score (nSPS) is 22.9. The zero-order valence-corrected chi connectivity index (χ0v) is 9.66. The molecule has 1 aromatic carbocycles. The van der Waals surface area contributed by atoms with Gasteiger partial charge in [-0.25, -0.2) is 0 Å². The van der Waals surface area contributed by atoms with Gasteiger partial charge < -0.3 is 10.4 Å². The number of aryl methyl sites for hydroxylation is 1. The van der Waals surface area contributed by atoms with Crippen LogP contribution in [0.2, 0.25) is 0 Å². The molecule has 0 aliphatic heterocycles. The SMILES string of the molecule is Cc1ccc(O)c(C(=O)NCC2CC2C)c1. The van der Waals surface area contributed by atoms with Gasteiger partial charge in [0.25, 0.3) is 5.91 Å². The molecule has 1 aromatic rings. The summed E-state index contributed by atoms with van der Waals surface area (Å²) in [4.78, 5) is 11.8. The summed E-state index contributed by atoms with van der Waals surface area (Å²) in [6.45, 7) is 4.80. The lowest BCUT2D eigenvalue weighted by atomic mass is 10.1. The van der Waals surface area contributed by atoms with E-state index in [4.69, 9.17) is 0 Å². The highest BCUT2D eigenvalue weighted by Gasteiger charge is 2.32. The van der Waals surface area contributed by atoms with Crippen LogP contribution in [0.3, 0.4) is 0 Å². The van der Waals surface area contributed by atoms with Crippen molar-refractivity contribution in [3.8, 4) is 5.75 Å². The van der Waals surface area contributed by atoms with E-state index in [2.05, 4.69) is 12.2 Å². The Labute approximate surface area is 95.5 Å². The number of rotatable bonds is 3. The minimum absolute atomic E-state index is 0.0481. The van der Waals surface area contributed by atoms with Crippen LogP contribution in [0.5, 0.6) is 5.75 Å². The molecule has 3 heteroatoms. The third-order valence-electron chi connectivity index (χ3n) is 3.20. The second-order valence-corrected chi connectivity index (χ2v) is 4.70. The predicted octanol–water partition coefficient (Wildman–Crippen LogP) is 2.09. The van der Waals surface area contributed by atoms with Crippen molar-refractivity contribution in [1.82, 2.24) is 5.32 Å². The summed E-state index contributed by atoms with van der Waals surface area (Å²) in [5.74, 6) is 1.22. The standard InChI is InChI=1S/C13H17NO2/c1-8-3-4-12(15)11(5-8)13(16)14-7-10-6-9(10)2/h3-5,9-10,15H,6-7H2,1-2H3,(H,14,16). The number of phenols is 1. The molecule has 2 rings (SSSR count). The number of nitrogens with one attached hydrogen (secondary N) is 1. The van der Waals surface area contributed by atoms with Crippen molar-refractivity contribution in [2.24, 2.45) is 11.8 Å². The first-order valence-corrected chi connectivity index (χ1v) is 5.65. The number of aromatic hydroxyl groups is 1. The molecule has 1 aliphatic carbocycles. The van der Waals surface area contributed by atoms with E-state index in [0.29, 0.717) is 18.0 Å². The van der Waals surface area contributed by atoms with Crippen LogP contribution in [0.15, 0.2) is 18.2 Å². The first kappa shape index (κ1) is 11.0. The van der Waals surface area contributed by atoms with Gasteiger partial charge in [-0.05, 0) is 37.3 Å². The highest BCUT2D eigenvalue weighted by Crippen LogP contribution is 2.36. The fraction of sp³-hybridized carbons (Fsp3) is 0.462. The van der Waals surface area contributed by atoms with Gasteiger partial charge in [-0.3, -0.25) is 4.79 Å². The third kappa shape index (κ3) is 2.35. The number of carbonyl (C=O) groups is 1. The minimum Gasteiger partial charge on any atom is -0.507 e. The average Bonchev–Trinajstić information content (AvgIpc) is 2.95. The first-order valence-electron chi connectivity index (χ1n) is 5.65. The molecule has 2 atom stereocenters. The topological polar surface area (TPSA) is 49.3 Å². The molecule has 16 heavy (non-hydrogen) atoms. The number of hydrogen-bond acceptors (Lipinski definition) is 2. The van der Waals surface area contributed by atoms with Crippen LogP contribution in [0.1, 0.15) is 29.3 Å². The Hall–Kier alpha value is -1.51. The van der Waals surface area contributed by atoms with Gasteiger partial charge in [0.05, 0.1) is 5.56 Å². The van der Waals surface area contributed by atoms with E-state index in [-0.39, 0.29) is 11.7 Å². The van der Waals surface area contributed by atoms with Gasteiger partial charge >= 0.3 is 0 Å². The van der Waals surface area contributed by atoms with Gasteiger partial charge in [0.2, 0.25) is 0 Å². The van der Waals surface area contributed by atoms with Crippen molar-refractivity contribution in [3.63, 3.8) is 0 Å². The number of phenolic OH excluding ortho intramolecular Hbond substituents is 1. The Kier molecular flexibility index (Phi) is 2.86. The molecule has 0 saturated heterocycles. The molecule has 1 aliphatic rings. The largest absolute Gasteiger partial charge is 0.507 e. The van der Waals surface area contributed by atoms with E-state index in [0.717, 1.165) is 11.5 Å². The lowest BCUT2D eigenvalue weighted by Crippen LogP contribution is -2.26. The van der Waals surface area contributed by atoms with Crippen molar-refractivity contribution in [1.29, 1.82) is 0 Å². The summed E-state index contributed by atoms with van der Waals surface area (Å²) in [7, 11) is 0. The molecule has 3 nitrogen and oxygen atoms in total. The molecule has 2 N–H and O–H groups in total. The fourth-order valence-electron chi connectivity index (χ4n) is 1.83. The summed E-state index contributed by atoms with van der Waals surface area (Å²) in [5, 5.41) is 12.4. The van der Waals surface area contributed by atoms with Crippen LogP contribution in [0.25, 0.3) is 0 Å². The molecular formula is C13H17NO2. The number of benzene rings is 1. The zero-order valence-electron chi connectivity index (χ0n) is 9.66. The molecule has 0 aromatic heterocycles. The lowest BCUT2D eigenvalue weighted by molar-refractivity contribution is 0.0948. The summed E-state index contributed by atoms with van der Waals surface area (Å²) >= 11 is 0. The Morgan fingerprint density at radius 1 is 1.56 bits per heavy atom. The highest BCUT2D eigenvalue weighted by atomic mass is 16.3. The minimum atomic E-state index is -0.180. The lowest BCUT2D eigenvalue weighted by Gasteiger charge is -2.07. The zero-order chi connectivity index (χ0) is 11.7. The Morgan fingerprint density at radius 3 is 2.88 bits per heavy atom. The van der Waals surface area contributed by atoms with E-state index in [9.17, 15) is 9.90 Å². The summed E-state index contributed by atoms with van der Waals surface area (Å²) in [6.07, 6.45) is 1.19. The molecular weight excluding hydrogens is 202 g/mol. The van der Waals surface area contributed by atoms with Gasteiger partial charge in [0.15, 0.2) is 0 Å². The monoisotopic (exact) mass is 219 g/mol. The van der Waals surface area contributed by atoms with E-state index in [1.807, 2.05) is 6.92 Å². The molecule has 0 radical (unpaired) electrons. The summed E-state index contributed by atoms with van der Waals surface area (Å²) in [6, 6.07) is 5.06. The fourth-order valence-corrected chi connectivity index (χ4v) is 1.83. The van der Waals surface area contributed by atoms with E-state index in [1.165, 1.54) is 6.42 Å². The van der Waals surface area contributed by atoms with E-state index in [1.54, 1.807) is 18.2 Å². The van der Waals surface area contributed by atoms with Gasteiger partial charge in [0.1, 0.15) is 5.75 Å². The van der Waals surface area contributed by atoms with Crippen molar-refractivity contribution in [3.05, 3.63) is 29.3 Å². The van der Waals surface area contributed by atoms with Crippen LogP contribution < -0.4 is 5.32 Å². The quantitative estimate of drug-likeness (QED) is 0.817. The average molecular weight is 219 g/mol. The Bertz CT molecular complexity index is 414. The summed E-state index contributed by atoms with van der Waals surface area (Å²) in [5.41, 5.74) is 1.34. The Morgan fingerprint density at radius 2 is 2.25 bits per heavy atom. The summed E-state index contributed by atoms with van der Waals surface area (Å²) < 4.78 is 0. The van der Waals surface area contributed by atoms with Crippen molar-refractivity contribution in [2.45, 2.75) is 20.3 Å². The van der Waals surface area contributed by atoms with E-state index >= 15 is 0 Å². The van der Waals surface area contributed by atoms with Crippen molar-refractivity contribution >= 4 is 5.91 Å². The molecule has 1 amide bonds. The second kappa shape index (κ2) is 4.16. The van der Waals surface area contributed by atoms with Crippen molar-refractivity contribution < 1.29 is 9.90 Å². The molecule has 0 bridgehead atoms. The maximum absolute atomic E-state index is 11.8. The van der Waals surface area contributed by atoms with Crippen molar-refractivity contribution in [2.75, 3.05) is 6.54 Å². The molecule has 0 heterocycles. The number of amides is 1. The van der Waals surface area contributed by atoms with Crippen LogP contribution in [0, 0.1) is 18.8 Å². The van der Waals surface area contributed by atoms with Gasteiger partial charge in [-0.1, -0.05) is 18.6 Å². The van der Waals surface area contributed by atoms with Gasteiger partial charge in [-0.2, -0.15) is 0 Å². The molecule has 86 valence electrons. The smallest absolute Gasteiger partial charge is 0.255 e. The van der Waals surface area contributed by atoms with Crippen LogP contribution in [0.4, 0.5) is 0 Å². The van der Waals surface area contributed by atoms with Gasteiger partial charge in [0, 0.05) is 6.54 Å². The van der Waals surface area contributed by atoms with Crippen LogP contribution in [-0.4, -0.2) is 17.6 Å².